The van der Waals surface area contributed by atoms with Gasteiger partial charge in [-0.25, -0.2) is 8.78 Å². The van der Waals surface area contributed by atoms with E-state index in [0.29, 0.717) is 5.56 Å². The number of hydrogen-bond donors (Lipinski definition) is 2. The van der Waals surface area contributed by atoms with Crippen LogP contribution in [0.1, 0.15) is 24.1 Å². The first-order valence-corrected chi connectivity index (χ1v) is 7.33. The predicted octanol–water partition coefficient (Wildman–Crippen LogP) is 4.27. The Labute approximate surface area is 140 Å². The maximum Gasteiger partial charge on any atom is 0.418 e. The Kier molecular flexibility index (Phi) is 5.73. The van der Waals surface area contributed by atoms with Crippen LogP contribution >= 0.6 is 0 Å². The normalized spacial score (nSPS) is 12.7. The van der Waals surface area contributed by atoms with Crippen molar-refractivity contribution in [1.29, 1.82) is 0 Å². The van der Waals surface area contributed by atoms with Gasteiger partial charge in [-0.2, -0.15) is 13.2 Å². The summed E-state index contributed by atoms with van der Waals surface area (Å²) in [6.45, 7) is 1.32. The second-order valence-electron chi connectivity index (χ2n) is 5.37. The Balaban J connectivity index is 1.98. The summed E-state index contributed by atoms with van der Waals surface area (Å²) in [5, 5.41) is 4.93. The number of hydrogen-bond acceptors (Lipinski definition) is 2. The molecule has 0 aromatic heterocycles. The molecular formula is C17H15F5N2O. The number of para-hydroxylation sites is 1. The fourth-order valence-electron chi connectivity index (χ4n) is 2.18. The van der Waals surface area contributed by atoms with Gasteiger partial charge in [-0.1, -0.05) is 18.2 Å². The molecule has 3 nitrogen and oxygen atoms in total. The van der Waals surface area contributed by atoms with Gasteiger partial charge in [-0.05, 0) is 36.8 Å². The van der Waals surface area contributed by atoms with Crippen molar-refractivity contribution in [2.45, 2.75) is 19.1 Å². The molecule has 0 aliphatic heterocycles. The Morgan fingerprint density at radius 3 is 2.40 bits per heavy atom. The van der Waals surface area contributed by atoms with Gasteiger partial charge in [0.05, 0.1) is 17.8 Å². The van der Waals surface area contributed by atoms with Gasteiger partial charge in [0.15, 0.2) is 11.6 Å². The molecule has 0 unspecified atom stereocenters. The van der Waals surface area contributed by atoms with E-state index >= 15 is 0 Å². The first kappa shape index (κ1) is 18.9. The molecule has 0 spiro atoms. The number of rotatable bonds is 5. The zero-order valence-corrected chi connectivity index (χ0v) is 13.1. The van der Waals surface area contributed by atoms with E-state index in [0.717, 1.165) is 24.3 Å². The van der Waals surface area contributed by atoms with Gasteiger partial charge in [0.2, 0.25) is 5.91 Å². The van der Waals surface area contributed by atoms with Crippen LogP contribution in [-0.2, 0) is 11.0 Å². The van der Waals surface area contributed by atoms with Crippen LogP contribution in [-0.4, -0.2) is 12.5 Å². The molecular weight excluding hydrogens is 343 g/mol. The van der Waals surface area contributed by atoms with E-state index < -0.39 is 35.3 Å². The number of anilines is 1. The van der Waals surface area contributed by atoms with Gasteiger partial charge in [0.25, 0.3) is 0 Å². The zero-order valence-electron chi connectivity index (χ0n) is 13.1. The molecule has 0 radical (unpaired) electrons. The molecule has 1 amide bonds. The number of alkyl halides is 3. The van der Waals surface area contributed by atoms with E-state index in [1.807, 2.05) is 0 Å². The van der Waals surface area contributed by atoms with Gasteiger partial charge in [0, 0.05) is 6.04 Å². The number of benzene rings is 2. The first-order valence-electron chi connectivity index (χ1n) is 7.33. The molecule has 2 rings (SSSR count). The maximum atomic E-state index is 13.2. The van der Waals surface area contributed by atoms with Crippen molar-refractivity contribution in [2.75, 3.05) is 11.9 Å². The Morgan fingerprint density at radius 2 is 1.76 bits per heavy atom. The highest BCUT2D eigenvalue weighted by Crippen LogP contribution is 2.34. The van der Waals surface area contributed by atoms with E-state index in [1.54, 1.807) is 6.92 Å². The molecule has 8 heteroatoms. The van der Waals surface area contributed by atoms with Crippen molar-refractivity contribution in [2.24, 2.45) is 0 Å². The van der Waals surface area contributed by atoms with Crippen molar-refractivity contribution in [3.8, 4) is 0 Å². The second-order valence-corrected chi connectivity index (χ2v) is 5.37. The summed E-state index contributed by atoms with van der Waals surface area (Å²) in [5.74, 6) is -2.70. The molecule has 2 N–H and O–H groups in total. The average molecular weight is 358 g/mol. The lowest BCUT2D eigenvalue weighted by Crippen LogP contribution is -2.30. The van der Waals surface area contributed by atoms with Crippen LogP contribution < -0.4 is 10.6 Å². The molecule has 0 bridgehead atoms. The van der Waals surface area contributed by atoms with Crippen LogP contribution in [0.3, 0.4) is 0 Å². The molecule has 1 atom stereocenters. The van der Waals surface area contributed by atoms with Crippen LogP contribution in [0.15, 0.2) is 42.5 Å². The standard InChI is InChI=1S/C17H15F5N2O/c1-10(11-6-7-13(18)14(19)8-11)23-9-16(25)24-15-5-3-2-4-12(15)17(20,21)22/h2-8,10,23H,9H2,1H3,(H,24,25)/t10-/m1/s1. The average Bonchev–Trinajstić information content (AvgIpc) is 2.54. The minimum atomic E-state index is -4.59. The lowest BCUT2D eigenvalue weighted by Gasteiger charge is -2.16. The minimum absolute atomic E-state index is 0.299. The van der Waals surface area contributed by atoms with Crippen molar-refractivity contribution >= 4 is 11.6 Å². The van der Waals surface area contributed by atoms with Gasteiger partial charge in [-0.15, -0.1) is 0 Å². The van der Waals surface area contributed by atoms with E-state index in [4.69, 9.17) is 0 Å². The van der Waals surface area contributed by atoms with Gasteiger partial charge < -0.3 is 10.6 Å². The largest absolute Gasteiger partial charge is 0.418 e. The molecule has 0 aliphatic rings. The topological polar surface area (TPSA) is 41.1 Å². The zero-order chi connectivity index (χ0) is 18.6. The Morgan fingerprint density at radius 1 is 1.08 bits per heavy atom. The highest BCUT2D eigenvalue weighted by atomic mass is 19.4. The highest BCUT2D eigenvalue weighted by Gasteiger charge is 2.33. The molecule has 2 aromatic rings. The summed E-state index contributed by atoms with van der Waals surface area (Å²) in [4.78, 5) is 11.9. The van der Waals surface area contributed by atoms with Crippen molar-refractivity contribution in [3.63, 3.8) is 0 Å². The first-order chi connectivity index (χ1) is 11.7. The predicted molar refractivity (Wildman–Crippen MR) is 82.8 cm³/mol. The Bertz CT molecular complexity index is 761. The van der Waals surface area contributed by atoms with Crippen molar-refractivity contribution in [3.05, 3.63) is 65.2 Å². The second kappa shape index (κ2) is 7.60. The van der Waals surface area contributed by atoms with Gasteiger partial charge in [-0.3, -0.25) is 4.79 Å². The molecule has 0 saturated carbocycles. The van der Waals surface area contributed by atoms with Crippen LogP contribution in [0.4, 0.5) is 27.6 Å². The molecule has 2 aromatic carbocycles. The number of nitrogens with one attached hydrogen (secondary N) is 2. The molecule has 25 heavy (non-hydrogen) atoms. The number of amides is 1. The van der Waals surface area contributed by atoms with E-state index in [9.17, 15) is 26.7 Å². The number of halogens is 5. The third-order valence-corrected chi connectivity index (χ3v) is 3.52. The fourth-order valence-corrected chi connectivity index (χ4v) is 2.18. The summed E-state index contributed by atoms with van der Waals surface area (Å²) in [5.41, 5.74) is -0.887. The SMILES string of the molecule is C[C@@H](NCC(=O)Nc1ccccc1C(F)(F)F)c1ccc(F)c(F)c1. The molecule has 134 valence electrons. The lowest BCUT2D eigenvalue weighted by atomic mass is 10.1. The fraction of sp³-hybridized carbons (Fsp3) is 0.235. The lowest BCUT2D eigenvalue weighted by molar-refractivity contribution is -0.137. The number of carbonyl (C=O) groups excluding carboxylic acids is 1. The number of carbonyl (C=O) groups is 1. The molecule has 0 fully saturated rings. The van der Waals surface area contributed by atoms with E-state index in [1.165, 1.54) is 18.2 Å². The third kappa shape index (κ3) is 4.99. The van der Waals surface area contributed by atoms with E-state index in [2.05, 4.69) is 10.6 Å². The van der Waals surface area contributed by atoms with E-state index in [-0.39, 0.29) is 12.2 Å². The van der Waals surface area contributed by atoms with Gasteiger partial charge in [0.1, 0.15) is 0 Å². The highest BCUT2D eigenvalue weighted by molar-refractivity contribution is 5.93. The van der Waals surface area contributed by atoms with Crippen molar-refractivity contribution < 1.29 is 26.7 Å². The quantitative estimate of drug-likeness (QED) is 0.784. The van der Waals surface area contributed by atoms with Crippen LogP contribution in [0.5, 0.6) is 0 Å². The smallest absolute Gasteiger partial charge is 0.324 e. The van der Waals surface area contributed by atoms with Crippen LogP contribution in [0.2, 0.25) is 0 Å². The van der Waals surface area contributed by atoms with Crippen molar-refractivity contribution in [1.82, 2.24) is 5.32 Å². The molecule has 0 heterocycles. The molecule has 0 saturated heterocycles. The summed E-state index contributed by atoms with van der Waals surface area (Å²) in [6, 6.07) is 7.43. The molecule has 0 aliphatic carbocycles. The summed E-state index contributed by atoms with van der Waals surface area (Å²) in [7, 11) is 0. The Hall–Kier alpha value is -2.48. The van der Waals surface area contributed by atoms with Crippen LogP contribution in [0, 0.1) is 11.6 Å². The monoisotopic (exact) mass is 358 g/mol. The maximum absolute atomic E-state index is 13.2. The summed E-state index contributed by atoms with van der Waals surface area (Å²) >= 11 is 0. The van der Waals surface area contributed by atoms with Crippen LogP contribution in [0.25, 0.3) is 0 Å². The third-order valence-electron chi connectivity index (χ3n) is 3.52. The summed E-state index contributed by atoms with van der Waals surface area (Å²) in [6.07, 6.45) is -4.59. The van der Waals surface area contributed by atoms with Gasteiger partial charge >= 0.3 is 6.18 Å². The minimum Gasteiger partial charge on any atom is -0.324 e. The summed E-state index contributed by atoms with van der Waals surface area (Å²) < 4.78 is 64.7.